The standard InChI is InChI=1S/C10H14O2/c1-8-2-4-9(5-3-8)6-7-10(11)12/h2,6-7,9H,3-5H2,1H3,(H,11,12)/b7-6+. The zero-order chi connectivity index (χ0) is 8.97. The number of hydrogen-bond donors (Lipinski definition) is 1. The number of carbonyl (C=O) groups is 1. The van der Waals surface area contributed by atoms with Crippen molar-refractivity contribution in [1.82, 2.24) is 0 Å². The summed E-state index contributed by atoms with van der Waals surface area (Å²) in [4.78, 5) is 10.2. The van der Waals surface area contributed by atoms with E-state index in [1.807, 2.05) is 0 Å². The van der Waals surface area contributed by atoms with E-state index in [0.717, 1.165) is 19.3 Å². The molecule has 0 heterocycles. The van der Waals surface area contributed by atoms with Gasteiger partial charge in [-0.15, -0.1) is 0 Å². The maximum atomic E-state index is 10.2. The van der Waals surface area contributed by atoms with E-state index in [-0.39, 0.29) is 0 Å². The minimum absolute atomic E-state index is 0.435. The first kappa shape index (κ1) is 9.04. The predicted octanol–water partition coefficient (Wildman–Crippen LogP) is 2.37. The maximum Gasteiger partial charge on any atom is 0.327 e. The van der Waals surface area contributed by atoms with Crippen LogP contribution in [0.3, 0.4) is 0 Å². The van der Waals surface area contributed by atoms with Crippen LogP contribution >= 0.6 is 0 Å². The van der Waals surface area contributed by atoms with E-state index in [2.05, 4.69) is 13.0 Å². The highest BCUT2D eigenvalue weighted by molar-refractivity contribution is 5.79. The van der Waals surface area contributed by atoms with Crippen LogP contribution < -0.4 is 0 Å². The van der Waals surface area contributed by atoms with Gasteiger partial charge in [-0.1, -0.05) is 17.7 Å². The lowest BCUT2D eigenvalue weighted by molar-refractivity contribution is -0.131. The summed E-state index contributed by atoms with van der Waals surface area (Å²) in [7, 11) is 0. The van der Waals surface area contributed by atoms with Crippen molar-refractivity contribution in [2.24, 2.45) is 5.92 Å². The first-order chi connectivity index (χ1) is 5.68. The van der Waals surface area contributed by atoms with Gasteiger partial charge in [0.05, 0.1) is 0 Å². The molecule has 0 aromatic heterocycles. The molecule has 1 aliphatic rings. The fraction of sp³-hybridized carbons (Fsp3) is 0.500. The van der Waals surface area contributed by atoms with Crippen LogP contribution in [0, 0.1) is 5.92 Å². The molecule has 0 aromatic carbocycles. The van der Waals surface area contributed by atoms with Crippen molar-refractivity contribution in [3.8, 4) is 0 Å². The van der Waals surface area contributed by atoms with Gasteiger partial charge in [0.2, 0.25) is 0 Å². The highest BCUT2D eigenvalue weighted by Crippen LogP contribution is 2.23. The summed E-state index contributed by atoms with van der Waals surface area (Å²) < 4.78 is 0. The highest BCUT2D eigenvalue weighted by atomic mass is 16.4. The third-order valence-corrected chi connectivity index (χ3v) is 2.19. The van der Waals surface area contributed by atoms with Crippen LogP contribution in [0.1, 0.15) is 26.2 Å². The first-order valence-electron chi connectivity index (χ1n) is 4.25. The van der Waals surface area contributed by atoms with Crippen LogP contribution in [0.4, 0.5) is 0 Å². The van der Waals surface area contributed by atoms with Crippen molar-refractivity contribution in [1.29, 1.82) is 0 Å². The Bertz CT molecular complexity index is 226. The second-order valence-corrected chi connectivity index (χ2v) is 3.28. The van der Waals surface area contributed by atoms with Crippen molar-refractivity contribution in [2.75, 3.05) is 0 Å². The van der Waals surface area contributed by atoms with E-state index in [9.17, 15) is 4.79 Å². The molecular weight excluding hydrogens is 152 g/mol. The Morgan fingerprint density at radius 3 is 3.00 bits per heavy atom. The summed E-state index contributed by atoms with van der Waals surface area (Å²) in [6, 6.07) is 0. The van der Waals surface area contributed by atoms with Crippen molar-refractivity contribution in [3.63, 3.8) is 0 Å². The van der Waals surface area contributed by atoms with E-state index in [4.69, 9.17) is 5.11 Å². The number of carboxylic acids is 1. The average Bonchev–Trinajstić information content (AvgIpc) is 2.03. The Morgan fingerprint density at radius 2 is 2.50 bits per heavy atom. The fourth-order valence-electron chi connectivity index (χ4n) is 1.38. The van der Waals surface area contributed by atoms with Crippen LogP contribution in [-0.2, 0) is 4.79 Å². The quantitative estimate of drug-likeness (QED) is 0.505. The van der Waals surface area contributed by atoms with Gasteiger partial charge < -0.3 is 5.11 Å². The molecule has 1 aliphatic carbocycles. The van der Waals surface area contributed by atoms with E-state index in [1.54, 1.807) is 6.08 Å². The van der Waals surface area contributed by atoms with Crippen molar-refractivity contribution in [2.45, 2.75) is 26.2 Å². The third kappa shape index (κ3) is 2.91. The monoisotopic (exact) mass is 166 g/mol. The van der Waals surface area contributed by atoms with Crippen molar-refractivity contribution < 1.29 is 9.90 Å². The highest BCUT2D eigenvalue weighted by Gasteiger charge is 2.08. The summed E-state index contributed by atoms with van der Waals surface area (Å²) >= 11 is 0. The third-order valence-electron chi connectivity index (χ3n) is 2.19. The number of hydrogen-bond acceptors (Lipinski definition) is 1. The number of rotatable bonds is 2. The van der Waals surface area contributed by atoms with Crippen LogP contribution in [-0.4, -0.2) is 11.1 Å². The van der Waals surface area contributed by atoms with Gasteiger partial charge in [-0.3, -0.25) is 0 Å². The Morgan fingerprint density at radius 1 is 1.75 bits per heavy atom. The lowest BCUT2D eigenvalue weighted by atomic mass is 9.90. The zero-order valence-electron chi connectivity index (χ0n) is 7.29. The van der Waals surface area contributed by atoms with E-state index in [0.29, 0.717) is 5.92 Å². The Kier molecular flexibility index (Phi) is 3.09. The number of aliphatic carboxylic acids is 1. The number of carboxylic acid groups (broad SMARTS) is 1. The van der Waals surface area contributed by atoms with Gasteiger partial charge in [-0.2, -0.15) is 0 Å². The maximum absolute atomic E-state index is 10.2. The molecule has 0 saturated heterocycles. The summed E-state index contributed by atoms with van der Waals surface area (Å²) in [6.45, 7) is 2.12. The number of allylic oxidation sites excluding steroid dienone is 3. The van der Waals surface area contributed by atoms with E-state index < -0.39 is 5.97 Å². The molecule has 2 heteroatoms. The van der Waals surface area contributed by atoms with Gasteiger partial charge >= 0.3 is 5.97 Å². The molecule has 0 amide bonds. The molecule has 1 rings (SSSR count). The molecule has 0 bridgehead atoms. The summed E-state index contributed by atoms with van der Waals surface area (Å²) in [6.07, 6.45) is 8.43. The molecule has 0 aromatic rings. The molecule has 12 heavy (non-hydrogen) atoms. The molecule has 2 nitrogen and oxygen atoms in total. The van der Waals surface area contributed by atoms with Crippen LogP contribution in [0.15, 0.2) is 23.8 Å². The molecule has 0 fully saturated rings. The first-order valence-corrected chi connectivity index (χ1v) is 4.25. The lowest BCUT2D eigenvalue weighted by Gasteiger charge is -2.16. The van der Waals surface area contributed by atoms with Gasteiger partial charge in [-0.25, -0.2) is 4.79 Å². The minimum atomic E-state index is -0.846. The molecule has 0 radical (unpaired) electrons. The van der Waals surface area contributed by atoms with Gasteiger partial charge in [0.25, 0.3) is 0 Å². The molecule has 1 N–H and O–H groups in total. The largest absolute Gasteiger partial charge is 0.478 e. The molecule has 1 unspecified atom stereocenters. The topological polar surface area (TPSA) is 37.3 Å². The van der Waals surface area contributed by atoms with E-state index in [1.165, 1.54) is 11.6 Å². The molecule has 0 aliphatic heterocycles. The average molecular weight is 166 g/mol. The Balaban J connectivity index is 2.42. The van der Waals surface area contributed by atoms with Gasteiger partial charge in [-0.05, 0) is 32.1 Å². The molecular formula is C10H14O2. The molecule has 0 spiro atoms. The zero-order valence-corrected chi connectivity index (χ0v) is 7.29. The van der Waals surface area contributed by atoms with Gasteiger partial charge in [0, 0.05) is 6.08 Å². The molecule has 66 valence electrons. The van der Waals surface area contributed by atoms with Crippen LogP contribution in [0.2, 0.25) is 0 Å². The van der Waals surface area contributed by atoms with Gasteiger partial charge in [0.15, 0.2) is 0 Å². The fourth-order valence-corrected chi connectivity index (χ4v) is 1.38. The predicted molar refractivity (Wildman–Crippen MR) is 47.9 cm³/mol. The van der Waals surface area contributed by atoms with Gasteiger partial charge in [0.1, 0.15) is 0 Å². The SMILES string of the molecule is CC1=CCC(/C=C/C(=O)O)CC1. The van der Waals surface area contributed by atoms with Crippen molar-refractivity contribution >= 4 is 5.97 Å². The second kappa shape index (κ2) is 4.10. The normalized spacial score (nSPS) is 24.1. The van der Waals surface area contributed by atoms with Crippen LogP contribution in [0.25, 0.3) is 0 Å². The Labute approximate surface area is 72.6 Å². The smallest absolute Gasteiger partial charge is 0.327 e. The van der Waals surface area contributed by atoms with E-state index >= 15 is 0 Å². The van der Waals surface area contributed by atoms with Crippen molar-refractivity contribution in [3.05, 3.63) is 23.8 Å². The Hall–Kier alpha value is -1.05. The minimum Gasteiger partial charge on any atom is -0.478 e. The second-order valence-electron chi connectivity index (χ2n) is 3.28. The van der Waals surface area contributed by atoms with Crippen LogP contribution in [0.5, 0.6) is 0 Å². The summed E-state index contributed by atoms with van der Waals surface area (Å²) in [5, 5.41) is 8.39. The summed E-state index contributed by atoms with van der Waals surface area (Å²) in [5.41, 5.74) is 1.43. The lowest BCUT2D eigenvalue weighted by Crippen LogP contribution is -2.02. The molecule has 1 atom stereocenters. The molecule has 0 saturated carbocycles. The summed E-state index contributed by atoms with van der Waals surface area (Å²) in [5.74, 6) is -0.411.